The fraction of sp³-hybridized carbons (Fsp3) is 0.545. The summed E-state index contributed by atoms with van der Waals surface area (Å²) in [5, 5.41) is 43.4. The number of rotatable bonds is 20. The number of nitrogens with one attached hydrogen (secondary N) is 2. The van der Waals surface area contributed by atoms with Crippen LogP contribution in [-0.2, 0) is 77.7 Å². The number of H-pyrrole nitrogens is 2. The van der Waals surface area contributed by atoms with E-state index in [2.05, 4.69) is 48.5 Å². The van der Waals surface area contributed by atoms with Crippen LogP contribution >= 0.6 is 30.2 Å². The van der Waals surface area contributed by atoms with Crippen molar-refractivity contribution >= 4 is 93.2 Å². The van der Waals surface area contributed by atoms with Gasteiger partial charge in [-0.25, -0.2) is 38.2 Å². The van der Waals surface area contributed by atoms with E-state index in [1.807, 2.05) is 0 Å². The van der Waals surface area contributed by atoms with Gasteiger partial charge in [0.1, 0.15) is 66.8 Å². The van der Waals surface area contributed by atoms with Gasteiger partial charge in [0.2, 0.25) is 17.7 Å². The number of aliphatic hydroxyl groups excluding tert-OH is 4. The Kier molecular flexibility index (Phi) is 15.6. The number of methoxy groups -OCH3 is 1. The van der Waals surface area contributed by atoms with Gasteiger partial charge in [0.15, 0.2) is 41.4 Å². The van der Waals surface area contributed by atoms with Crippen LogP contribution in [0.4, 0.5) is 17.7 Å². The predicted molar refractivity (Wildman–Crippen MR) is 250 cm³/mol. The van der Waals surface area contributed by atoms with Gasteiger partial charge >= 0.3 is 35.8 Å². The van der Waals surface area contributed by atoms with E-state index in [4.69, 9.17) is 66.1 Å². The van der Waals surface area contributed by atoms with E-state index < -0.39 is 135 Å². The number of anilines is 3. The summed E-state index contributed by atoms with van der Waals surface area (Å²) in [7, 11) is -16.7. The number of phosphoric acid groups is 3. The van der Waals surface area contributed by atoms with Gasteiger partial charge in [0.05, 0.1) is 39.0 Å². The summed E-state index contributed by atoms with van der Waals surface area (Å²) >= 11 is 5.32. The minimum absolute atomic E-state index is 0.0116. The van der Waals surface area contributed by atoms with E-state index in [0.29, 0.717) is 0 Å². The third-order valence-corrected chi connectivity index (χ3v) is 17.6. The van der Waals surface area contributed by atoms with E-state index in [9.17, 15) is 63.3 Å². The van der Waals surface area contributed by atoms with Crippen LogP contribution in [0.2, 0.25) is 0 Å². The summed E-state index contributed by atoms with van der Waals surface area (Å²) in [6, 6.07) is 0. The van der Waals surface area contributed by atoms with Gasteiger partial charge in [-0.05, 0) is 18.7 Å². The summed E-state index contributed by atoms with van der Waals surface area (Å²) < 4.78 is 96.7. The largest absolute Gasteiger partial charge is 0.490 e. The van der Waals surface area contributed by atoms with E-state index in [1.165, 1.54) is 15.5 Å². The highest BCUT2D eigenvalue weighted by Crippen LogP contribution is 2.68. The number of nitrogens with zero attached hydrogens (tertiary/aromatic N) is 10. The summed E-state index contributed by atoms with van der Waals surface area (Å²) in [5.74, 6) is -0.654. The molecule has 0 radical (unpaired) electrons. The third-order valence-electron chi connectivity index (χ3n) is 11.8. The average Bonchev–Trinajstić information content (AvgIpc) is 4.21. The lowest BCUT2D eigenvalue weighted by Gasteiger charge is -2.28. The number of nitrogen functional groups attached to an aromatic ring is 3. The molecule has 0 amide bonds. The summed E-state index contributed by atoms with van der Waals surface area (Å²) in [5.41, 5.74) is 15.8. The average molecular weight is 1180 g/mol. The highest BCUT2D eigenvalue weighted by molar-refractivity contribution is 8.07. The van der Waals surface area contributed by atoms with Crippen molar-refractivity contribution in [1.82, 2.24) is 53.6 Å². The molecule has 9 heterocycles. The van der Waals surface area contributed by atoms with Crippen molar-refractivity contribution in [3.8, 4) is 0 Å². The SMILES string of the molecule is CCn1c[n+]([C@@H]2O[C@H](COP(=O)(O)OP(=O)(O)OP(=O)(O)OC[C@H]3O[C@@H](n4cnc5c(N)ncnc54)[C@H](OP(O)(=S)OC[C@H]4O[C@@H](n5cnc6c(=O)[nH]c(N)nc65)[C@H](O)[C@@H]4O)[C@@H]3OC)[C@@H](O)[C@H]2O)c2nc(N)[nH]c(=O)c21. The molecule has 0 spiro atoms. The molecule has 3 saturated heterocycles. The van der Waals surface area contributed by atoms with Gasteiger partial charge in [-0.3, -0.25) is 46.8 Å². The molecule has 3 fully saturated rings. The molecule has 416 valence electrons. The van der Waals surface area contributed by atoms with Crippen LogP contribution in [0.3, 0.4) is 0 Å². The van der Waals surface area contributed by atoms with Crippen LogP contribution in [0, 0.1) is 0 Å². The lowest BCUT2D eigenvalue weighted by molar-refractivity contribution is -0.746. The van der Waals surface area contributed by atoms with Gasteiger partial charge in [-0.2, -0.15) is 13.6 Å². The first-order chi connectivity index (χ1) is 35.7. The van der Waals surface area contributed by atoms with Crippen molar-refractivity contribution in [1.29, 1.82) is 0 Å². The first-order valence-corrected chi connectivity index (χ1v) is 28.8. The van der Waals surface area contributed by atoms with Crippen molar-refractivity contribution in [3.05, 3.63) is 46.0 Å². The minimum atomic E-state index is -6.14. The molecule has 6 aromatic heterocycles. The number of hydrogen-bond acceptors (Lipinski definition) is 29. The number of ether oxygens (including phenoxy) is 4. The molecule has 0 aromatic carbocycles. The molecule has 43 heteroatoms. The second kappa shape index (κ2) is 21.1. The number of phosphoric ester groups is 2. The Morgan fingerprint density at radius 1 is 0.711 bits per heavy atom. The molecule has 3 aliphatic heterocycles. The Morgan fingerprint density at radius 2 is 1.29 bits per heavy atom. The number of aliphatic hydroxyl groups is 4. The number of aromatic nitrogens is 12. The maximum atomic E-state index is 13.2. The summed E-state index contributed by atoms with van der Waals surface area (Å²) in [6.45, 7) is -5.61. The monoisotopic (exact) mass is 1180 g/mol. The topological polar surface area (TPSA) is 545 Å². The number of imidazole rings is 3. The molecule has 0 aliphatic carbocycles. The zero-order valence-electron chi connectivity index (χ0n) is 38.7. The van der Waals surface area contributed by atoms with Gasteiger partial charge in [0, 0.05) is 7.11 Å². The highest BCUT2D eigenvalue weighted by Gasteiger charge is 2.53. The number of aromatic amines is 2. The Bertz CT molecular complexity index is 3490. The van der Waals surface area contributed by atoms with E-state index >= 15 is 0 Å². The second-order valence-electron chi connectivity index (χ2n) is 16.6. The van der Waals surface area contributed by atoms with Gasteiger partial charge in [-0.15, -0.1) is 0 Å². The maximum Gasteiger partial charge on any atom is 0.490 e. The highest BCUT2D eigenvalue weighted by atomic mass is 32.5. The molecule has 3 aliphatic rings. The Morgan fingerprint density at radius 3 is 1.96 bits per heavy atom. The second-order valence-corrected chi connectivity index (χ2v) is 24.1. The molecular weight excluding hydrogens is 1130 g/mol. The molecule has 38 nitrogen and oxygen atoms in total. The van der Waals surface area contributed by atoms with Crippen molar-refractivity contribution in [2.24, 2.45) is 0 Å². The van der Waals surface area contributed by atoms with Crippen LogP contribution < -0.4 is 32.9 Å². The van der Waals surface area contributed by atoms with Crippen molar-refractivity contribution in [2.45, 2.75) is 87.1 Å². The van der Waals surface area contributed by atoms with Crippen molar-refractivity contribution in [3.63, 3.8) is 0 Å². The van der Waals surface area contributed by atoms with E-state index in [1.54, 1.807) is 6.92 Å². The normalized spacial score (nSPS) is 30.2. The minimum Gasteiger partial charge on any atom is -0.387 e. The lowest BCUT2D eigenvalue weighted by Crippen LogP contribution is -2.46. The van der Waals surface area contributed by atoms with Crippen molar-refractivity contribution in [2.75, 3.05) is 44.1 Å². The molecule has 76 heavy (non-hydrogen) atoms. The zero-order valence-corrected chi connectivity index (χ0v) is 43.1. The fourth-order valence-electron chi connectivity index (χ4n) is 8.45. The van der Waals surface area contributed by atoms with Crippen LogP contribution in [0.1, 0.15) is 25.6 Å². The first-order valence-electron chi connectivity index (χ1n) is 21.7. The lowest BCUT2D eigenvalue weighted by atomic mass is 10.1. The Balaban J connectivity index is 0.848. The number of aryl methyl sites for hydroxylation is 1. The van der Waals surface area contributed by atoms with Crippen LogP contribution in [0.5, 0.6) is 0 Å². The standard InChI is InChI=1S/C33H45N15O23P4S/c1-3-45-10-48(26-16(45)28(54)44-33(36)42-26)30-20(52)17(49)11(67-30)4-63-72(55,56)70-74(59,60)71-73(57,58)64-6-13-21(62-2)22(31(68-13)46-8-39-14-23(34)37-7-38-24(14)46)69-75(61,76)65-5-12-18(50)19(51)29(66-12)47-9-40-15-25(47)41-32(35)43-27(15)53/h7-13,17-22,29-31,49-52H,3-6H2,1-2H3,(H11-,34,35,36,37,38,41,42,43,44,53,54,55,56,57,58,59,60,61,76)/p+1/t11-,12-,13-,17-,18-,19-,20-,21-,22-,29-,30-,31-,75?/m1/s1. The quantitative estimate of drug-likeness (QED) is 0.0255. The number of fused-ring (bicyclic) bond motifs is 3. The molecule has 6 aromatic rings. The zero-order chi connectivity index (χ0) is 55.0. The third kappa shape index (κ3) is 11.1. The Labute approximate surface area is 426 Å². The molecule has 16 atom stereocenters. The number of nitrogens with two attached hydrogens (primary N) is 3. The molecule has 0 saturated carbocycles. The van der Waals surface area contributed by atoms with E-state index in [-0.39, 0.29) is 57.8 Å². The molecule has 0 bridgehead atoms. The number of hydrogen-bond donors (Lipinski definition) is 13. The van der Waals surface area contributed by atoms with Crippen LogP contribution in [0.25, 0.3) is 33.5 Å². The summed E-state index contributed by atoms with van der Waals surface area (Å²) in [4.78, 5) is 96.6. The molecule has 4 unspecified atom stereocenters. The van der Waals surface area contributed by atoms with Gasteiger partial charge < -0.3 is 80.7 Å². The summed E-state index contributed by atoms with van der Waals surface area (Å²) in [6.07, 6.45) is -14.6. The van der Waals surface area contributed by atoms with Crippen molar-refractivity contribution < 1.29 is 104 Å². The Hall–Kier alpha value is -4.73. The smallest absolute Gasteiger partial charge is 0.387 e. The molecule has 9 rings (SSSR count). The predicted octanol–water partition coefficient (Wildman–Crippen LogP) is -4.11. The fourth-order valence-corrected chi connectivity index (χ4v) is 13.4. The molecule has 16 N–H and O–H groups in total. The maximum absolute atomic E-state index is 13.2. The molecular formula is C33H46N15O23P4S+. The van der Waals surface area contributed by atoms with Crippen LogP contribution in [0.15, 0.2) is 34.9 Å². The van der Waals surface area contributed by atoms with Crippen LogP contribution in [-0.4, -0.2) is 175 Å². The van der Waals surface area contributed by atoms with Gasteiger partial charge in [-0.1, -0.05) is 4.98 Å². The van der Waals surface area contributed by atoms with Gasteiger partial charge in [0.25, 0.3) is 17.1 Å². The van der Waals surface area contributed by atoms with E-state index in [0.717, 1.165) is 35.2 Å². The first kappa shape index (κ1) is 56.0.